The molecular formula is C13H21N3O. The first-order valence-corrected chi connectivity index (χ1v) is 6.34. The summed E-state index contributed by atoms with van der Waals surface area (Å²) in [6, 6.07) is 6.04. The predicted octanol–water partition coefficient (Wildman–Crippen LogP) is 1.72. The van der Waals surface area contributed by atoms with Gasteiger partial charge in [-0.25, -0.2) is 4.98 Å². The third-order valence-corrected chi connectivity index (χ3v) is 3.32. The van der Waals surface area contributed by atoms with Crippen LogP contribution in [0.3, 0.4) is 0 Å². The van der Waals surface area contributed by atoms with Gasteiger partial charge in [0.2, 0.25) is 0 Å². The largest absolute Gasteiger partial charge is 0.393 e. The summed E-state index contributed by atoms with van der Waals surface area (Å²) in [5.74, 6) is 2.30. The zero-order valence-corrected chi connectivity index (χ0v) is 10.6. The van der Waals surface area contributed by atoms with Crippen molar-refractivity contribution in [2.45, 2.75) is 26.4 Å². The molecule has 1 aromatic rings. The number of hydrogen-bond acceptors (Lipinski definition) is 4. The van der Waals surface area contributed by atoms with E-state index >= 15 is 0 Å². The Morgan fingerprint density at radius 1 is 1.59 bits per heavy atom. The van der Waals surface area contributed by atoms with Crippen molar-refractivity contribution < 1.29 is 5.11 Å². The molecule has 0 bridgehead atoms. The molecule has 2 rings (SSSR count). The Kier molecular flexibility index (Phi) is 3.84. The highest BCUT2D eigenvalue weighted by Crippen LogP contribution is 2.25. The van der Waals surface area contributed by atoms with Crippen LogP contribution in [0.2, 0.25) is 0 Å². The highest BCUT2D eigenvalue weighted by Gasteiger charge is 2.26. The number of aromatic nitrogens is 1. The molecule has 1 saturated heterocycles. The fraction of sp³-hybridized carbons (Fsp3) is 0.615. The van der Waals surface area contributed by atoms with E-state index in [1.54, 1.807) is 0 Å². The summed E-state index contributed by atoms with van der Waals surface area (Å²) in [7, 11) is 0. The summed E-state index contributed by atoms with van der Waals surface area (Å²) in [5.41, 5.74) is 0. The van der Waals surface area contributed by atoms with E-state index in [2.05, 4.69) is 22.1 Å². The van der Waals surface area contributed by atoms with Gasteiger partial charge < -0.3 is 15.3 Å². The molecule has 0 spiro atoms. The minimum absolute atomic E-state index is 0.225. The molecule has 2 N–H and O–H groups in total. The quantitative estimate of drug-likeness (QED) is 0.834. The van der Waals surface area contributed by atoms with E-state index in [9.17, 15) is 5.11 Å². The monoisotopic (exact) mass is 235 g/mol. The van der Waals surface area contributed by atoms with Crippen LogP contribution < -0.4 is 10.2 Å². The molecule has 4 heteroatoms. The number of pyridine rings is 1. The van der Waals surface area contributed by atoms with Gasteiger partial charge in [0.25, 0.3) is 0 Å². The Balaban J connectivity index is 2.05. The molecule has 1 fully saturated rings. The van der Waals surface area contributed by atoms with Crippen LogP contribution in [0, 0.1) is 5.92 Å². The number of aliphatic hydroxyl groups excluding tert-OH is 1. The summed E-state index contributed by atoms with van der Waals surface area (Å²) in [6.07, 6.45) is 0.821. The van der Waals surface area contributed by atoms with Gasteiger partial charge in [-0.05, 0) is 32.4 Å². The number of aliphatic hydroxyl groups is 1. The molecule has 2 unspecified atom stereocenters. The maximum absolute atomic E-state index is 9.60. The number of nitrogens with one attached hydrogen (secondary N) is 1. The third kappa shape index (κ3) is 2.88. The SMILES string of the molecule is CCNc1cccc(N2CCC(C(C)O)C2)n1. The highest BCUT2D eigenvalue weighted by atomic mass is 16.3. The van der Waals surface area contributed by atoms with Gasteiger partial charge in [0.15, 0.2) is 0 Å². The van der Waals surface area contributed by atoms with Crippen molar-refractivity contribution in [1.82, 2.24) is 4.98 Å². The Morgan fingerprint density at radius 3 is 3.06 bits per heavy atom. The molecule has 0 aliphatic carbocycles. The van der Waals surface area contributed by atoms with E-state index in [-0.39, 0.29) is 6.10 Å². The second-order valence-electron chi connectivity index (χ2n) is 4.65. The molecule has 0 aromatic carbocycles. The minimum atomic E-state index is -0.225. The fourth-order valence-corrected chi connectivity index (χ4v) is 2.27. The smallest absolute Gasteiger partial charge is 0.130 e. The van der Waals surface area contributed by atoms with Crippen molar-refractivity contribution in [3.63, 3.8) is 0 Å². The van der Waals surface area contributed by atoms with Crippen molar-refractivity contribution in [2.24, 2.45) is 5.92 Å². The van der Waals surface area contributed by atoms with Crippen molar-refractivity contribution in [2.75, 3.05) is 29.9 Å². The normalized spacial score (nSPS) is 21.6. The van der Waals surface area contributed by atoms with Gasteiger partial charge in [-0.2, -0.15) is 0 Å². The number of hydrogen-bond donors (Lipinski definition) is 2. The summed E-state index contributed by atoms with van der Waals surface area (Å²) in [4.78, 5) is 6.82. The first-order chi connectivity index (χ1) is 8.20. The summed E-state index contributed by atoms with van der Waals surface area (Å²) >= 11 is 0. The number of rotatable bonds is 4. The van der Waals surface area contributed by atoms with Crippen molar-refractivity contribution in [3.05, 3.63) is 18.2 Å². The van der Waals surface area contributed by atoms with Crippen molar-refractivity contribution >= 4 is 11.6 Å². The van der Waals surface area contributed by atoms with Crippen LogP contribution in [0.1, 0.15) is 20.3 Å². The van der Waals surface area contributed by atoms with Crippen LogP contribution in [0.5, 0.6) is 0 Å². The second kappa shape index (κ2) is 5.36. The van der Waals surface area contributed by atoms with Crippen molar-refractivity contribution in [3.8, 4) is 0 Å². The van der Waals surface area contributed by atoms with Crippen LogP contribution in [0.15, 0.2) is 18.2 Å². The first kappa shape index (κ1) is 12.2. The molecular weight excluding hydrogens is 214 g/mol. The summed E-state index contributed by atoms with van der Waals surface area (Å²) in [5, 5.41) is 12.8. The maximum Gasteiger partial charge on any atom is 0.130 e. The van der Waals surface area contributed by atoms with Gasteiger partial charge in [0, 0.05) is 25.6 Å². The molecule has 17 heavy (non-hydrogen) atoms. The Labute approximate surface area is 103 Å². The second-order valence-corrected chi connectivity index (χ2v) is 4.65. The van der Waals surface area contributed by atoms with E-state index in [4.69, 9.17) is 0 Å². The standard InChI is InChI=1S/C13H21N3O/c1-3-14-12-5-4-6-13(15-12)16-8-7-11(9-16)10(2)17/h4-6,10-11,17H,3,7-9H2,1-2H3,(H,14,15). The van der Waals surface area contributed by atoms with Crippen molar-refractivity contribution in [1.29, 1.82) is 0 Å². The molecule has 1 aliphatic heterocycles. The third-order valence-electron chi connectivity index (χ3n) is 3.32. The topological polar surface area (TPSA) is 48.4 Å². The van der Waals surface area contributed by atoms with E-state index < -0.39 is 0 Å². The van der Waals surface area contributed by atoms with E-state index in [1.165, 1.54) is 0 Å². The zero-order valence-electron chi connectivity index (χ0n) is 10.6. The lowest BCUT2D eigenvalue weighted by molar-refractivity contribution is 0.136. The average Bonchev–Trinajstić information content (AvgIpc) is 2.79. The first-order valence-electron chi connectivity index (χ1n) is 6.34. The minimum Gasteiger partial charge on any atom is -0.393 e. The zero-order chi connectivity index (χ0) is 12.3. The Hall–Kier alpha value is -1.29. The number of nitrogens with zero attached hydrogens (tertiary/aromatic N) is 2. The molecule has 1 aromatic heterocycles. The summed E-state index contributed by atoms with van der Waals surface area (Å²) < 4.78 is 0. The predicted molar refractivity (Wildman–Crippen MR) is 70.4 cm³/mol. The summed E-state index contributed by atoms with van der Waals surface area (Å²) in [6.45, 7) is 6.70. The lowest BCUT2D eigenvalue weighted by Crippen LogP contribution is -2.24. The van der Waals surface area contributed by atoms with Crippen LogP contribution >= 0.6 is 0 Å². The van der Waals surface area contributed by atoms with Crippen LogP contribution in [-0.4, -0.2) is 35.8 Å². The Bertz CT molecular complexity index is 367. The van der Waals surface area contributed by atoms with Crippen LogP contribution in [0.25, 0.3) is 0 Å². The van der Waals surface area contributed by atoms with Gasteiger partial charge in [0.1, 0.15) is 11.6 Å². The van der Waals surface area contributed by atoms with Gasteiger partial charge >= 0.3 is 0 Å². The maximum atomic E-state index is 9.60. The van der Waals surface area contributed by atoms with Crippen LogP contribution in [0.4, 0.5) is 11.6 Å². The van der Waals surface area contributed by atoms with Gasteiger partial charge in [-0.1, -0.05) is 6.07 Å². The van der Waals surface area contributed by atoms with E-state index in [0.29, 0.717) is 5.92 Å². The lowest BCUT2D eigenvalue weighted by Gasteiger charge is -2.19. The van der Waals surface area contributed by atoms with Crippen LogP contribution in [-0.2, 0) is 0 Å². The molecule has 94 valence electrons. The molecule has 4 nitrogen and oxygen atoms in total. The lowest BCUT2D eigenvalue weighted by atomic mass is 10.0. The molecule has 2 heterocycles. The molecule has 0 saturated carbocycles. The number of anilines is 2. The van der Waals surface area contributed by atoms with E-state index in [0.717, 1.165) is 37.7 Å². The van der Waals surface area contributed by atoms with Gasteiger partial charge in [-0.3, -0.25) is 0 Å². The molecule has 0 amide bonds. The van der Waals surface area contributed by atoms with E-state index in [1.807, 2.05) is 25.1 Å². The molecule has 2 atom stereocenters. The van der Waals surface area contributed by atoms with Gasteiger partial charge in [0.05, 0.1) is 6.10 Å². The van der Waals surface area contributed by atoms with Gasteiger partial charge in [-0.15, -0.1) is 0 Å². The highest BCUT2D eigenvalue weighted by molar-refractivity contribution is 5.47. The molecule has 1 aliphatic rings. The fourth-order valence-electron chi connectivity index (χ4n) is 2.27. The Morgan fingerprint density at radius 2 is 2.41 bits per heavy atom. The molecule has 0 radical (unpaired) electrons. The average molecular weight is 235 g/mol.